The highest BCUT2D eigenvalue weighted by Crippen LogP contribution is 2.32. The summed E-state index contributed by atoms with van der Waals surface area (Å²) < 4.78 is 11.6. The zero-order valence-electron chi connectivity index (χ0n) is 18.5. The van der Waals surface area contributed by atoms with Gasteiger partial charge in [-0.2, -0.15) is 5.26 Å². The molecular formula is C27H33NO3. The molecule has 0 heterocycles. The van der Waals surface area contributed by atoms with E-state index in [1.54, 1.807) is 0 Å². The van der Waals surface area contributed by atoms with E-state index < -0.39 is 0 Å². The molecule has 0 N–H and O–H groups in total. The van der Waals surface area contributed by atoms with Gasteiger partial charge in [0.1, 0.15) is 5.75 Å². The molecule has 0 aliphatic carbocycles. The van der Waals surface area contributed by atoms with E-state index in [1.165, 1.54) is 31.8 Å². The zero-order valence-corrected chi connectivity index (χ0v) is 18.5. The van der Waals surface area contributed by atoms with E-state index in [2.05, 4.69) is 19.6 Å². The van der Waals surface area contributed by atoms with Crippen LogP contribution in [-0.2, 0) is 9.53 Å². The van der Waals surface area contributed by atoms with Crippen molar-refractivity contribution >= 4 is 5.97 Å². The lowest BCUT2D eigenvalue weighted by Gasteiger charge is -2.21. The van der Waals surface area contributed by atoms with Crippen molar-refractivity contribution in [3.8, 4) is 22.9 Å². The van der Waals surface area contributed by atoms with Crippen molar-refractivity contribution in [2.24, 2.45) is 0 Å². The number of rotatable bonds is 14. The van der Waals surface area contributed by atoms with Crippen LogP contribution >= 0.6 is 0 Å². The summed E-state index contributed by atoms with van der Waals surface area (Å²) >= 11 is 0. The second kappa shape index (κ2) is 14.0. The maximum Gasteiger partial charge on any atom is 0.330 e. The van der Waals surface area contributed by atoms with Crippen LogP contribution in [0, 0.1) is 11.3 Å². The average Bonchev–Trinajstić information content (AvgIpc) is 2.81. The summed E-state index contributed by atoms with van der Waals surface area (Å²) in [6.07, 6.45) is 9.86. The summed E-state index contributed by atoms with van der Waals surface area (Å²) in [5.41, 5.74) is 2.68. The van der Waals surface area contributed by atoms with Gasteiger partial charge >= 0.3 is 5.97 Å². The maximum atomic E-state index is 11.3. The first-order valence-electron chi connectivity index (χ1n) is 11.2. The number of esters is 1. The SMILES string of the molecule is C=CC(=O)OCCCC(CCCCCCC)Oc1ccccc1-c1ccc(C#N)cc1. The number of nitrogens with zero attached hydrogens (tertiary/aromatic N) is 1. The van der Waals surface area contributed by atoms with Gasteiger partial charge in [-0.1, -0.05) is 69.5 Å². The van der Waals surface area contributed by atoms with Crippen LogP contribution in [0.4, 0.5) is 0 Å². The Morgan fingerprint density at radius 3 is 2.45 bits per heavy atom. The fourth-order valence-electron chi connectivity index (χ4n) is 3.49. The third-order valence-corrected chi connectivity index (χ3v) is 5.22. The Balaban J connectivity index is 2.06. The fourth-order valence-corrected chi connectivity index (χ4v) is 3.49. The van der Waals surface area contributed by atoms with Crippen LogP contribution in [-0.4, -0.2) is 18.7 Å². The fraction of sp³-hybridized carbons (Fsp3) is 0.407. The van der Waals surface area contributed by atoms with Crippen molar-refractivity contribution in [3.63, 3.8) is 0 Å². The lowest BCUT2D eigenvalue weighted by molar-refractivity contribution is -0.137. The molecule has 0 fully saturated rings. The number of hydrogen-bond donors (Lipinski definition) is 0. The van der Waals surface area contributed by atoms with Crippen molar-refractivity contribution in [3.05, 3.63) is 66.7 Å². The van der Waals surface area contributed by atoms with E-state index in [9.17, 15) is 4.79 Å². The van der Waals surface area contributed by atoms with Gasteiger partial charge in [0.05, 0.1) is 24.3 Å². The first kappa shape index (κ1) is 24.2. The molecule has 0 bridgehead atoms. The van der Waals surface area contributed by atoms with Gasteiger partial charge < -0.3 is 9.47 Å². The van der Waals surface area contributed by atoms with E-state index in [0.717, 1.165) is 42.6 Å². The zero-order chi connectivity index (χ0) is 22.3. The molecule has 2 aromatic carbocycles. The number of ether oxygens (including phenoxy) is 2. The van der Waals surface area contributed by atoms with Crippen molar-refractivity contribution in [2.75, 3.05) is 6.61 Å². The molecule has 0 saturated carbocycles. The number of unbranched alkanes of at least 4 members (excludes halogenated alkanes) is 4. The van der Waals surface area contributed by atoms with Crippen LogP contribution < -0.4 is 4.74 Å². The molecule has 4 heteroatoms. The lowest BCUT2D eigenvalue weighted by atomic mass is 10.0. The van der Waals surface area contributed by atoms with Gasteiger partial charge in [0.2, 0.25) is 0 Å². The van der Waals surface area contributed by atoms with Crippen LogP contribution in [0.2, 0.25) is 0 Å². The van der Waals surface area contributed by atoms with E-state index in [-0.39, 0.29) is 12.1 Å². The normalized spacial score (nSPS) is 11.4. The largest absolute Gasteiger partial charge is 0.490 e. The molecule has 0 saturated heterocycles. The van der Waals surface area contributed by atoms with Crippen LogP contribution in [0.5, 0.6) is 5.75 Å². The summed E-state index contributed by atoms with van der Waals surface area (Å²) in [7, 11) is 0. The standard InChI is InChI=1S/C27H33NO3/c1-3-5-6-7-8-12-24(13-11-20-30-27(29)4-2)31-26-15-10-9-14-25(26)23-18-16-22(21-28)17-19-23/h4,9-10,14-19,24H,2-3,5-8,11-13,20H2,1H3. The van der Waals surface area contributed by atoms with Gasteiger partial charge in [-0.15, -0.1) is 0 Å². The van der Waals surface area contributed by atoms with Gasteiger partial charge in [-0.25, -0.2) is 4.79 Å². The highest BCUT2D eigenvalue weighted by atomic mass is 16.5. The summed E-state index contributed by atoms with van der Waals surface area (Å²) in [5.74, 6) is 0.456. The average molecular weight is 420 g/mol. The number of carbonyl (C=O) groups excluding carboxylic acids is 1. The molecule has 0 aliphatic heterocycles. The van der Waals surface area contributed by atoms with Crippen molar-refractivity contribution in [1.29, 1.82) is 5.26 Å². The Bertz CT molecular complexity index is 852. The second-order valence-corrected chi connectivity index (χ2v) is 7.64. The Morgan fingerprint density at radius 1 is 1.03 bits per heavy atom. The second-order valence-electron chi connectivity index (χ2n) is 7.64. The highest BCUT2D eigenvalue weighted by molar-refractivity contribution is 5.81. The topological polar surface area (TPSA) is 59.3 Å². The van der Waals surface area contributed by atoms with Crippen molar-refractivity contribution < 1.29 is 14.3 Å². The van der Waals surface area contributed by atoms with Crippen LogP contribution in [0.15, 0.2) is 61.2 Å². The molecule has 4 nitrogen and oxygen atoms in total. The molecule has 2 rings (SSSR count). The minimum atomic E-state index is -0.386. The minimum Gasteiger partial charge on any atom is -0.490 e. The Labute approximate surface area is 186 Å². The molecule has 0 amide bonds. The Kier molecular flexibility index (Phi) is 11.0. The van der Waals surface area contributed by atoms with E-state index in [1.807, 2.05) is 48.5 Å². The molecule has 0 spiro atoms. The summed E-state index contributed by atoms with van der Waals surface area (Å²) in [4.78, 5) is 11.3. The summed E-state index contributed by atoms with van der Waals surface area (Å²) in [6, 6.07) is 17.7. The van der Waals surface area contributed by atoms with Crippen LogP contribution in [0.1, 0.15) is 63.9 Å². The van der Waals surface area contributed by atoms with Gasteiger partial charge in [-0.05, 0) is 49.4 Å². The Hall–Kier alpha value is -3.06. The predicted octanol–water partition coefficient (Wildman–Crippen LogP) is 6.84. The molecule has 0 radical (unpaired) electrons. The number of nitriles is 1. The third kappa shape index (κ3) is 8.68. The molecular weight excluding hydrogens is 386 g/mol. The maximum absolute atomic E-state index is 11.3. The molecule has 0 aliphatic rings. The molecule has 2 aromatic rings. The molecule has 1 unspecified atom stereocenters. The first-order valence-corrected chi connectivity index (χ1v) is 11.2. The molecule has 0 aromatic heterocycles. The number of para-hydroxylation sites is 1. The molecule has 31 heavy (non-hydrogen) atoms. The van der Waals surface area contributed by atoms with E-state index in [4.69, 9.17) is 14.7 Å². The molecule has 164 valence electrons. The van der Waals surface area contributed by atoms with Gasteiger partial charge in [-0.3, -0.25) is 0 Å². The van der Waals surface area contributed by atoms with Crippen LogP contribution in [0.25, 0.3) is 11.1 Å². The first-order chi connectivity index (χ1) is 15.2. The monoisotopic (exact) mass is 419 g/mol. The van der Waals surface area contributed by atoms with Crippen molar-refractivity contribution in [2.45, 2.75) is 64.4 Å². The molecule has 1 atom stereocenters. The Morgan fingerprint density at radius 2 is 1.74 bits per heavy atom. The lowest BCUT2D eigenvalue weighted by Crippen LogP contribution is -2.18. The number of carbonyl (C=O) groups is 1. The number of benzene rings is 2. The van der Waals surface area contributed by atoms with E-state index in [0.29, 0.717) is 12.2 Å². The van der Waals surface area contributed by atoms with Gasteiger partial charge in [0, 0.05) is 11.6 Å². The van der Waals surface area contributed by atoms with Gasteiger partial charge in [0.15, 0.2) is 0 Å². The predicted molar refractivity (Wildman–Crippen MR) is 125 cm³/mol. The summed E-state index contributed by atoms with van der Waals surface area (Å²) in [5, 5.41) is 9.05. The van der Waals surface area contributed by atoms with Gasteiger partial charge in [0.25, 0.3) is 0 Å². The van der Waals surface area contributed by atoms with E-state index >= 15 is 0 Å². The summed E-state index contributed by atoms with van der Waals surface area (Å²) in [6.45, 7) is 6.02. The highest BCUT2D eigenvalue weighted by Gasteiger charge is 2.14. The van der Waals surface area contributed by atoms with Crippen LogP contribution in [0.3, 0.4) is 0 Å². The van der Waals surface area contributed by atoms with Crippen molar-refractivity contribution in [1.82, 2.24) is 0 Å². The quantitative estimate of drug-likeness (QED) is 0.191. The minimum absolute atomic E-state index is 0.0589. The third-order valence-electron chi connectivity index (χ3n) is 5.22. The smallest absolute Gasteiger partial charge is 0.330 e. The number of hydrogen-bond acceptors (Lipinski definition) is 4.